The smallest absolute Gasteiger partial charge is 0.318 e. The molecule has 3 heteroatoms. The zero-order chi connectivity index (χ0) is 9.78. The van der Waals surface area contributed by atoms with Gasteiger partial charge in [-0.15, -0.1) is 0 Å². The number of carbonyl (C=O) groups excluding carboxylic acids is 1. The second kappa shape index (κ2) is 4.24. The maximum absolute atomic E-state index is 11.2. The van der Waals surface area contributed by atoms with Crippen LogP contribution in [0.15, 0.2) is 5.16 Å². The van der Waals surface area contributed by atoms with Crippen LogP contribution in [0.5, 0.6) is 0 Å². The average Bonchev–Trinajstić information content (AvgIpc) is 1.97. The van der Waals surface area contributed by atoms with Gasteiger partial charge in [0, 0.05) is 0 Å². The minimum absolute atomic E-state index is 0.296. The van der Waals surface area contributed by atoms with E-state index in [1.165, 1.54) is 0 Å². The van der Waals surface area contributed by atoms with Crippen LogP contribution in [0.2, 0.25) is 0 Å². The van der Waals surface area contributed by atoms with Gasteiger partial charge < -0.3 is 4.84 Å². The molecular formula is C9H17NO2. The van der Waals surface area contributed by atoms with Crippen molar-refractivity contribution in [1.29, 1.82) is 0 Å². The maximum atomic E-state index is 11.2. The van der Waals surface area contributed by atoms with E-state index in [1.807, 2.05) is 13.8 Å². The van der Waals surface area contributed by atoms with Gasteiger partial charge in [-0.05, 0) is 34.1 Å². The fourth-order valence-corrected chi connectivity index (χ4v) is 0.321. The van der Waals surface area contributed by atoms with Crippen LogP contribution in [0, 0.1) is 5.41 Å². The number of hydrogen-bond donors (Lipinski definition) is 0. The first-order valence-corrected chi connectivity index (χ1v) is 4.13. The van der Waals surface area contributed by atoms with Gasteiger partial charge in [0.15, 0.2) is 0 Å². The lowest BCUT2D eigenvalue weighted by Crippen LogP contribution is -2.21. The number of hydrogen-bond acceptors (Lipinski definition) is 3. The summed E-state index contributed by atoms with van der Waals surface area (Å²) in [6, 6.07) is 0. The van der Waals surface area contributed by atoms with Crippen LogP contribution in [0.3, 0.4) is 0 Å². The molecule has 0 aromatic rings. The van der Waals surface area contributed by atoms with E-state index in [9.17, 15) is 4.79 Å². The van der Waals surface area contributed by atoms with Gasteiger partial charge >= 0.3 is 5.97 Å². The normalized spacial score (nSPS) is 12.9. The first-order chi connectivity index (χ1) is 5.38. The quantitative estimate of drug-likeness (QED) is 0.363. The van der Waals surface area contributed by atoms with Gasteiger partial charge in [-0.1, -0.05) is 12.1 Å². The van der Waals surface area contributed by atoms with Gasteiger partial charge in [0.1, 0.15) is 0 Å². The van der Waals surface area contributed by atoms with Crippen molar-refractivity contribution in [2.75, 3.05) is 0 Å². The van der Waals surface area contributed by atoms with Gasteiger partial charge in [-0.25, -0.2) is 4.79 Å². The fourth-order valence-electron chi connectivity index (χ4n) is 0.321. The molecule has 0 rings (SSSR count). The molecule has 0 bridgehead atoms. The highest BCUT2D eigenvalue weighted by Crippen LogP contribution is 2.15. The third-order valence-electron chi connectivity index (χ3n) is 1.41. The van der Waals surface area contributed by atoms with Gasteiger partial charge in [0.2, 0.25) is 0 Å². The van der Waals surface area contributed by atoms with Crippen molar-refractivity contribution in [1.82, 2.24) is 0 Å². The van der Waals surface area contributed by atoms with E-state index < -0.39 is 5.41 Å². The molecule has 0 saturated carbocycles. The van der Waals surface area contributed by atoms with Crippen LogP contribution in [0.1, 0.15) is 41.0 Å². The Morgan fingerprint density at radius 2 is 1.92 bits per heavy atom. The summed E-state index contributed by atoms with van der Waals surface area (Å²) in [5, 5.41) is 3.68. The minimum atomic E-state index is -0.475. The third-order valence-corrected chi connectivity index (χ3v) is 1.41. The highest BCUT2D eigenvalue weighted by Gasteiger charge is 2.23. The molecular weight excluding hydrogens is 154 g/mol. The van der Waals surface area contributed by atoms with Crippen LogP contribution < -0.4 is 0 Å². The second-order valence-corrected chi connectivity index (χ2v) is 3.81. The number of nitrogens with zero attached hydrogens (tertiary/aromatic N) is 1. The summed E-state index contributed by atoms with van der Waals surface area (Å²) >= 11 is 0. The number of oxime groups is 1. The third kappa shape index (κ3) is 4.11. The first kappa shape index (κ1) is 11.1. The molecule has 0 unspecified atom stereocenters. The predicted molar refractivity (Wildman–Crippen MR) is 48.9 cm³/mol. The molecule has 0 aromatic heterocycles. The minimum Gasteiger partial charge on any atom is -0.318 e. The van der Waals surface area contributed by atoms with E-state index >= 15 is 0 Å². The number of carbonyl (C=O) groups is 1. The molecule has 0 spiro atoms. The molecule has 12 heavy (non-hydrogen) atoms. The lowest BCUT2D eigenvalue weighted by molar-refractivity contribution is -0.152. The van der Waals surface area contributed by atoms with Crippen LogP contribution in [0.4, 0.5) is 0 Å². The highest BCUT2D eigenvalue weighted by molar-refractivity contribution is 5.82. The van der Waals surface area contributed by atoms with Gasteiger partial charge in [-0.3, -0.25) is 0 Å². The first-order valence-electron chi connectivity index (χ1n) is 4.13. The monoisotopic (exact) mass is 171 g/mol. The van der Waals surface area contributed by atoms with Gasteiger partial charge in [0.05, 0.1) is 11.1 Å². The fraction of sp³-hybridized carbons (Fsp3) is 0.778. The molecule has 0 saturated heterocycles. The molecule has 0 fully saturated rings. The highest BCUT2D eigenvalue weighted by atomic mass is 16.7. The van der Waals surface area contributed by atoms with Crippen molar-refractivity contribution < 1.29 is 9.63 Å². The average molecular weight is 171 g/mol. The van der Waals surface area contributed by atoms with E-state index in [4.69, 9.17) is 4.84 Å². The lowest BCUT2D eigenvalue weighted by atomic mass is 9.98. The van der Waals surface area contributed by atoms with Crippen molar-refractivity contribution in [3.63, 3.8) is 0 Å². The molecule has 0 aromatic carbocycles. The van der Waals surface area contributed by atoms with E-state index in [-0.39, 0.29) is 5.97 Å². The Bertz CT molecular complexity index is 189. The van der Waals surface area contributed by atoms with Crippen molar-refractivity contribution in [2.45, 2.75) is 41.0 Å². The molecule has 0 amide bonds. The van der Waals surface area contributed by atoms with Crippen molar-refractivity contribution in [2.24, 2.45) is 10.6 Å². The zero-order valence-electron chi connectivity index (χ0n) is 8.47. The Labute approximate surface area is 73.8 Å². The SMILES string of the molecule is CC/C(C)=N\OC(=O)C(C)(C)C. The zero-order valence-corrected chi connectivity index (χ0v) is 8.47. The lowest BCUT2D eigenvalue weighted by Gasteiger charge is -2.12. The summed E-state index contributed by atoms with van der Waals surface area (Å²) in [6.07, 6.45) is 0.803. The van der Waals surface area contributed by atoms with Crippen molar-refractivity contribution >= 4 is 11.7 Å². The molecule has 0 radical (unpaired) electrons. The van der Waals surface area contributed by atoms with E-state index in [0.717, 1.165) is 12.1 Å². The molecule has 0 aliphatic heterocycles. The summed E-state index contributed by atoms with van der Waals surface area (Å²) < 4.78 is 0. The summed E-state index contributed by atoms with van der Waals surface area (Å²) in [5.74, 6) is -0.296. The van der Waals surface area contributed by atoms with Crippen LogP contribution in [0.25, 0.3) is 0 Å². The largest absolute Gasteiger partial charge is 0.340 e. The molecule has 0 aliphatic rings. The second-order valence-electron chi connectivity index (χ2n) is 3.81. The summed E-state index contributed by atoms with van der Waals surface area (Å²) in [6.45, 7) is 9.18. The Morgan fingerprint density at radius 1 is 1.42 bits per heavy atom. The Kier molecular flexibility index (Phi) is 3.93. The molecule has 70 valence electrons. The molecule has 3 nitrogen and oxygen atoms in total. The number of rotatable bonds is 2. The van der Waals surface area contributed by atoms with Crippen molar-refractivity contribution in [3.05, 3.63) is 0 Å². The summed E-state index contributed by atoms with van der Waals surface area (Å²) in [5.41, 5.74) is 0.352. The molecule has 0 atom stereocenters. The summed E-state index contributed by atoms with van der Waals surface area (Å²) in [7, 11) is 0. The molecule has 0 aliphatic carbocycles. The van der Waals surface area contributed by atoms with Gasteiger partial charge in [0.25, 0.3) is 0 Å². The predicted octanol–water partition coefficient (Wildman–Crippen LogP) is 2.36. The van der Waals surface area contributed by atoms with Crippen molar-refractivity contribution in [3.8, 4) is 0 Å². The van der Waals surface area contributed by atoms with E-state index in [2.05, 4.69) is 5.16 Å². The standard InChI is InChI=1S/C9H17NO2/c1-6-7(2)10-12-8(11)9(3,4)5/h6H2,1-5H3/b10-7-. The topological polar surface area (TPSA) is 38.7 Å². The Morgan fingerprint density at radius 3 is 2.25 bits per heavy atom. The van der Waals surface area contributed by atoms with Crippen LogP contribution in [-0.2, 0) is 9.63 Å². The molecule has 0 heterocycles. The Hall–Kier alpha value is -0.860. The van der Waals surface area contributed by atoms with E-state index in [1.54, 1.807) is 20.8 Å². The van der Waals surface area contributed by atoms with Crippen LogP contribution in [-0.4, -0.2) is 11.7 Å². The Balaban J connectivity index is 4.04. The summed E-state index contributed by atoms with van der Waals surface area (Å²) in [4.78, 5) is 15.9. The maximum Gasteiger partial charge on any atom is 0.340 e. The van der Waals surface area contributed by atoms with Gasteiger partial charge in [-0.2, -0.15) is 0 Å². The van der Waals surface area contributed by atoms with E-state index in [0.29, 0.717) is 0 Å². The molecule has 0 N–H and O–H groups in total. The van der Waals surface area contributed by atoms with Crippen LogP contribution >= 0.6 is 0 Å².